The number of carbonyl (C=O) groups is 1. The molecule has 3 aromatic rings. The molecule has 0 saturated heterocycles. The van der Waals surface area contributed by atoms with Gasteiger partial charge in [0.15, 0.2) is 0 Å². The molecule has 1 aliphatic rings. The number of benzene rings is 3. The van der Waals surface area contributed by atoms with E-state index in [1.807, 2.05) is 48.5 Å². The first-order chi connectivity index (χ1) is 14.9. The number of methoxy groups -OCH3 is 1. The summed E-state index contributed by atoms with van der Waals surface area (Å²) in [4.78, 5) is 13.3. The number of rotatable bonds is 7. The van der Waals surface area contributed by atoms with E-state index in [4.69, 9.17) is 4.74 Å². The largest absolute Gasteiger partial charge is 0.497 e. The summed E-state index contributed by atoms with van der Waals surface area (Å²) in [5.41, 5.74) is 2.89. The van der Waals surface area contributed by atoms with Gasteiger partial charge in [-0.2, -0.15) is 0 Å². The van der Waals surface area contributed by atoms with E-state index in [0.29, 0.717) is 5.69 Å². The molecule has 1 fully saturated rings. The number of nitrogens with one attached hydrogen (secondary N) is 2. The maximum atomic E-state index is 13.1. The van der Waals surface area contributed by atoms with Gasteiger partial charge >= 0.3 is 0 Å². The molecule has 0 spiro atoms. The van der Waals surface area contributed by atoms with Crippen molar-refractivity contribution in [3.63, 3.8) is 0 Å². The van der Waals surface area contributed by atoms with Gasteiger partial charge in [-0.3, -0.25) is 4.79 Å². The fourth-order valence-electron chi connectivity index (χ4n) is 3.66. The molecule has 4 rings (SSSR count). The summed E-state index contributed by atoms with van der Waals surface area (Å²) in [6.07, 6.45) is 1.60. The van der Waals surface area contributed by atoms with Crippen molar-refractivity contribution < 1.29 is 20.8 Å². The zero-order chi connectivity index (χ0) is 22.1. The minimum atomic E-state index is -3.48. The summed E-state index contributed by atoms with van der Waals surface area (Å²) in [6, 6.07) is 21.8. The van der Waals surface area contributed by atoms with Crippen LogP contribution in [0, 0.1) is 0 Å². The smallest absolute Gasteiger partial charge is 0.240 e. The maximum Gasteiger partial charge on any atom is 0.240 e. The summed E-state index contributed by atoms with van der Waals surface area (Å²) in [7, 11) is -0.479. The molecule has 6 nitrogen and oxygen atoms in total. The fraction of sp³-hybridized carbons (Fsp3) is 0.208. The predicted octanol–water partition coefficient (Wildman–Crippen LogP) is 4.43. The number of carbonyl (C=O) groups excluding carboxylic acids is 1. The topological polar surface area (TPSA) is 84.5 Å². The highest BCUT2D eigenvalue weighted by Crippen LogP contribution is 2.49. The molecule has 0 atom stereocenters. The molecule has 1 amide bonds. The van der Waals surface area contributed by atoms with Gasteiger partial charge in [0.05, 0.1) is 17.4 Å². The van der Waals surface area contributed by atoms with E-state index in [-0.39, 0.29) is 13.7 Å². The number of amides is 1. The lowest BCUT2D eigenvalue weighted by Crippen LogP contribution is -2.27. The van der Waals surface area contributed by atoms with E-state index in [1.165, 1.54) is 7.05 Å². The van der Waals surface area contributed by atoms with E-state index in [1.54, 1.807) is 31.4 Å². The van der Waals surface area contributed by atoms with Crippen molar-refractivity contribution in [1.29, 1.82) is 0 Å². The predicted molar refractivity (Wildman–Crippen MR) is 125 cm³/mol. The Morgan fingerprint density at radius 1 is 0.968 bits per heavy atom. The minimum absolute atomic E-state index is 0. The molecular weight excluding hydrogens is 412 g/mol. The first kappa shape index (κ1) is 21.1. The molecule has 1 aliphatic carbocycles. The molecular formula is C24H28N2O4S. The third-order valence-electron chi connectivity index (χ3n) is 5.69. The Labute approximate surface area is 185 Å². The molecule has 0 heterocycles. The lowest BCUT2D eigenvalue weighted by Gasteiger charge is -2.17. The van der Waals surface area contributed by atoms with E-state index in [9.17, 15) is 13.2 Å². The highest BCUT2D eigenvalue weighted by molar-refractivity contribution is 7.89. The quantitative estimate of drug-likeness (QED) is 0.569. The van der Waals surface area contributed by atoms with Crippen molar-refractivity contribution in [1.82, 2.24) is 4.72 Å². The Morgan fingerprint density at radius 3 is 2.32 bits per heavy atom. The second-order valence-electron chi connectivity index (χ2n) is 7.58. The molecule has 3 aromatic carbocycles. The van der Waals surface area contributed by atoms with Crippen LogP contribution in [0.15, 0.2) is 77.7 Å². The zero-order valence-electron chi connectivity index (χ0n) is 17.4. The minimum Gasteiger partial charge on any atom is -0.497 e. The van der Waals surface area contributed by atoms with Crippen molar-refractivity contribution in [3.05, 3.63) is 78.4 Å². The third-order valence-corrected chi connectivity index (χ3v) is 7.12. The summed E-state index contributed by atoms with van der Waals surface area (Å²) in [6.45, 7) is 0. The Balaban J connectivity index is 0.00000193. The first-order valence-corrected chi connectivity index (χ1v) is 11.5. The fourth-order valence-corrected chi connectivity index (χ4v) is 4.39. The molecule has 164 valence electrons. The van der Waals surface area contributed by atoms with Crippen molar-refractivity contribution in [2.45, 2.75) is 23.2 Å². The monoisotopic (exact) mass is 440 g/mol. The van der Waals surface area contributed by atoms with E-state index in [2.05, 4.69) is 10.0 Å². The second kappa shape index (κ2) is 8.17. The number of hydrogen-bond donors (Lipinski definition) is 2. The Bertz CT molecular complexity index is 1230. The van der Waals surface area contributed by atoms with Crippen molar-refractivity contribution in [2.75, 3.05) is 19.5 Å². The first-order valence-electron chi connectivity index (χ1n) is 9.98. The Kier molecular flexibility index (Phi) is 5.56. The standard InChI is InChI=1S/C24H24N2O4S.2H2/c1-25-31(28,29)22-11-9-17(10-12-22)18-5-3-7-20(15-18)26-23(27)24(13-14-24)19-6-4-8-21(16-19)30-2;;/h3-12,15-16,25H,13-14H2,1-2H3,(H,26,27);2*1H. The molecule has 2 N–H and O–H groups in total. The van der Waals surface area contributed by atoms with Gasteiger partial charge in [0.1, 0.15) is 5.75 Å². The summed E-state index contributed by atoms with van der Waals surface area (Å²) < 4.78 is 31.4. The van der Waals surface area contributed by atoms with Crippen LogP contribution < -0.4 is 14.8 Å². The third kappa shape index (κ3) is 4.19. The zero-order valence-corrected chi connectivity index (χ0v) is 18.2. The van der Waals surface area contributed by atoms with Crippen LogP contribution in [0.1, 0.15) is 21.3 Å². The van der Waals surface area contributed by atoms with Gasteiger partial charge in [-0.1, -0.05) is 36.4 Å². The molecule has 0 unspecified atom stereocenters. The van der Waals surface area contributed by atoms with Crippen molar-refractivity contribution in [2.24, 2.45) is 0 Å². The van der Waals surface area contributed by atoms with E-state index in [0.717, 1.165) is 35.3 Å². The van der Waals surface area contributed by atoms with Gasteiger partial charge in [0, 0.05) is 8.54 Å². The van der Waals surface area contributed by atoms with Gasteiger partial charge in [0.25, 0.3) is 0 Å². The van der Waals surface area contributed by atoms with Crippen LogP contribution in [0.4, 0.5) is 5.69 Å². The maximum absolute atomic E-state index is 13.1. The van der Waals surface area contributed by atoms with Gasteiger partial charge in [-0.15, -0.1) is 0 Å². The molecule has 0 aliphatic heterocycles. The van der Waals surface area contributed by atoms with Crippen LogP contribution in [0.25, 0.3) is 11.1 Å². The summed E-state index contributed by atoms with van der Waals surface area (Å²) >= 11 is 0. The van der Waals surface area contributed by atoms with Crippen LogP contribution in [-0.4, -0.2) is 28.5 Å². The number of hydrogen-bond acceptors (Lipinski definition) is 4. The molecule has 31 heavy (non-hydrogen) atoms. The van der Waals surface area contributed by atoms with Gasteiger partial charge in [-0.05, 0) is 73.0 Å². The van der Waals surface area contributed by atoms with Crippen molar-refractivity contribution in [3.8, 4) is 16.9 Å². The SMILES string of the molecule is CNS(=O)(=O)c1ccc(-c2cccc(NC(=O)C3(c4cccc(OC)c4)CC3)c2)cc1.[HH].[HH]. The lowest BCUT2D eigenvalue weighted by molar-refractivity contribution is -0.118. The van der Waals surface area contributed by atoms with E-state index < -0.39 is 15.4 Å². The summed E-state index contributed by atoms with van der Waals surface area (Å²) in [5.74, 6) is 0.704. The van der Waals surface area contributed by atoms with Gasteiger partial charge in [0.2, 0.25) is 15.9 Å². The number of ether oxygens (including phenoxy) is 1. The van der Waals surface area contributed by atoms with Gasteiger partial charge < -0.3 is 10.1 Å². The van der Waals surface area contributed by atoms with Crippen LogP contribution >= 0.6 is 0 Å². The highest BCUT2D eigenvalue weighted by atomic mass is 32.2. The normalized spacial score (nSPS) is 14.6. The number of anilines is 1. The summed E-state index contributed by atoms with van der Waals surface area (Å²) in [5, 5.41) is 3.05. The molecule has 0 aromatic heterocycles. The molecule has 0 radical (unpaired) electrons. The Morgan fingerprint density at radius 2 is 1.68 bits per heavy atom. The highest BCUT2D eigenvalue weighted by Gasteiger charge is 2.51. The molecule has 7 heteroatoms. The van der Waals surface area contributed by atoms with E-state index >= 15 is 0 Å². The van der Waals surface area contributed by atoms with Crippen LogP contribution in [0.5, 0.6) is 5.75 Å². The van der Waals surface area contributed by atoms with Crippen LogP contribution in [-0.2, 0) is 20.2 Å². The average Bonchev–Trinajstić information content (AvgIpc) is 3.62. The van der Waals surface area contributed by atoms with Gasteiger partial charge in [-0.25, -0.2) is 13.1 Å². The van der Waals surface area contributed by atoms with Crippen LogP contribution in [0.3, 0.4) is 0 Å². The average molecular weight is 441 g/mol. The van der Waals surface area contributed by atoms with Crippen LogP contribution in [0.2, 0.25) is 0 Å². The molecule has 0 bridgehead atoms. The van der Waals surface area contributed by atoms with Crippen molar-refractivity contribution >= 4 is 21.6 Å². The lowest BCUT2D eigenvalue weighted by atomic mass is 9.94. The second-order valence-corrected chi connectivity index (χ2v) is 9.47. The molecule has 1 saturated carbocycles. The Hall–Kier alpha value is -3.16. The number of sulfonamides is 1.